The van der Waals surface area contributed by atoms with Gasteiger partial charge in [-0.25, -0.2) is 0 Å². The Bertz CT molecular complexity index is 761. The van der Waals surface area contributed by atoms with Crippen molar-refractivity contribution in [2.75, 3.05) is 20.2 Å². The summed E-state index contributed by atoms with van der Waals surface area (Å²) in [6.07, 6.45) is 7.35. The molecule has 1 amide bonds. The molecule has 3 atom stereocenters. The van der Waals surface area contributed by atoms with E-state index in [-0.39, 0.29) is 24.5 Å². The lowest BCUT2D eigenvalue weighted by atomic mass is 9.77. The molecule has 0 fully saturated rings. The molecule has 2 aliphatic carbocycles. The first-order chi connectivity index (χ1) is 12.1. The van der Waals surface area contributed by atoms with Gasteiger partial charge in [-0.2, -0.15) is 0 Å². The second-order valence-electron chi connectivity index (χ2n) is 7.46. The molecule has 3 aliphatic rings. The first-order valence-corrected chi connectivity index (χ1v) is 9.27. The van der Waals surface area contributed by atoms with Crippen LogP contribution in [0.5, 0.6) is 0 Å². The number of fused-ring (bicyclic) bond motifs is 2. The largest absolute Gasteiger partial charge is 0.394 e. The van der Waals surface area contributed by atoms with Crippen LogP contribution in [0, 0.1) is 5.92 Å². The van der Waals surface area contributed by atoms with E-state index >= 15 is 0 Å². The molecule has 0 unspecified atom stereocenters. The van der Waals surface area contributed by atoms with Crippen LogP contribution in [0.25, 0.3) is 11.1 Å². The zero-order valence-corrected chi connectivity index (χ0v) is 15.0. The number of hydrogen-bond acceptors (Lipinski definition) is 3. The van der Waals surface area contributed by atoms with Crippen LogP contribution in [0.15, 0.2) is 30.4 Å². The third kappa shape index (κ3) is 2.74. The van der Waals surface area contributed by atoms with E-state index in [4.69, 9.17) is 0 Å². The highest BCUT2D eigenvalue weighted by atomic mass is 16.3. The number of aliphatic hydroxyl groups is 1. The van der Waals surface area contributed by atoms with Gasteiger partial charge in [-0.3, -0.25) is 9.69 Å². The number of likely N-dealkylation sites (N-methyl/N-ethyl adjacent to an activating group) is 1. The molecule has 4 heteroatoms. The van der Waals surface area contributed by atoms with Crippen LogP contribution in [0.2, 0.25) is 0 Å². The molecule has 0 saturated carbocycles. The Labute approximate surface area is 149 Å². The summed E-state index contributed by atoms with van der Waals surface area (Å²) in [5, 5.41) is 12.3. The fourth-order valence-corrected chi connectivity index (χ4v) is 4.45. The number of allylic oxidation sites excluding steroid dienone is 1. The summed E-state index contributed by atoms with van der Waals surface area (Å²) in [5.74, 6) is -0.146. The fraction of sp³-hybridized carbons (Fsp3) is 0.476. The number of carbonyl (C=O) groups is 1. The molecule has 2 N–H and O–H groups in total. The zero-order chi connectivity index (χ0) is 17.6. The van der Waals surface area contributed by atoms with Crippen molar-refractivity contribution < 1.29 is 9.90 Å². The lowest BCUT2D eigenvalue weighted by molar-refractivity contribution is -0.125. The summed E-state index contributed by atoms with van der Waals surface area (Å²) in [6.45, 7) is 2.69. The first kappa shape index (κ1) is 16.6. The van der Waals surface area contributed by atoms with E-state index in [1.165, 1.54) is 27.8 Å². The molecule has 0 bridgehead atoms. The van der Waals surface area contributed by atoms with Gasteiger partial charge in [-0.1, -0.05) is 37.3 Å². The Morgan fingerprint density at radius 1 is 1.44 bits per heavy atom. The van der Waals surface area contributed by atoms with Gasteiger partial charge in [-0.05, 0) is 54.1 Å². The number of hydrogen-bond donors (Lipinski definition) is 2. The monoisotopic (exact) mass is 338 g/mol. The number of nitrogens with one attached hydrogen (secondary N) is 1. The van der Waals surface area contributed by atoms with E-state index in [1.807, 2.05) is 6.92 Å². The summed E-state index contributed by atoms with van der Waals surface area (Å²) in [4.78, 5) is 15.0. The van der Waals surface area contributed by atoms with Crippen molar-refractivity contribution in [3.05, 3.63) is 47.0 Å². The van der Waals surface area contributed by atoms with Crippen LogP contribution < -0.4 is 5.32 Å². The van der Waals surface area contributed by atoms with E-state index < -0.39 is 0 Å². The molecule has 1 aromatic carbocycles. The Hall–Kier alpha value is -1.91. The molecule has 25 heavy (non-hydrogen) atoms. The first-order valence-electron chi connectivity index (χ1n) is 9.27. The zero-order valence-electron chi connectivity index (χ0n) is 15.0. The Morgan fingerprint density at radius 2 is 2.28 bits per heavy atom. The minimum Gasteiger partial charge on any atom is -0.394 e. The van der Waals surface area contributed by atoms with Gasteiger partial charge in [0.05, 0.1) is 18.6 Å². The van der Waals surface area contributed by atoms with E-state index in [9.17, 15) is 9.90 Å². The van der Waals surface area contributed by atoms with Crippen molar-refractivity contribution >= 4 is 17.1 Å². The van der Waals surface area contributed by atoms with Gasteiger partial charge in [0.1, 0.15) is 0 Å². The average molecular weight is 338 g/mol. The van der Waals surface area contributed by atoms with Crippen LogP contribution >= 0.6 is 0 Å². The van der Waals surface area contributed by atoms with Gasteiger partial charge < -0.3 is 10.4 Å². The fourth-order valence-electron chi connectivity index (χ4n) is 4.45. The van der Waals surface area contributed by atoms with E-state index in [1.54, 1.807) is 0 Å². The van der Waals surface area contributed by atoms with Crippen LogP contribution in [-0.4, -0.2) is 48.2 Å². The summed E-state index contributed by atoms with van der Waals surface area (Å²) < 4.78 is 0. The Kier molecular flexibility index (Phi) is 4.26. The van der Waals surface area contributed by atoms with Gasteiger partial charge in [0.2, 0.25) is 5.91 Å². The van der Waals surface area contributed by atoms with Crippen LogP contribution in [0.1, 0.15) is 36.5 Å². The molecule has 4 nitrogen and oxygen atoms in total. The predicted octanol–water partition coefficient (Wildman–Crippen LogP) is 2.23. The predicted molar refractivity (Wildman–Crippen MR) is 99.9 cm³/mol. The second-order valence-corrected chi connectivity index (χ2v) is 7.46. The summed E-state index contributed by atoms with van der Waals surface area (Å²) >= 11 is 0. The SMILES string of the molecule is CC[C@@H](CO)NC(=O)[C@@H]1C=C2c3cccc4c3C(=CC4)C[C@H]2N(C)C1. The van der Waals surface area contributed by atoms with Crippen LogP contribution in [-0.2, 0) is 11.2 Å². The summed E-state index contributed by atoms with van der Waals surface area (Å²) in [5.41, 5.74) is 6.88. The van der Waals surface area contributed by atoms with Crippen molar-refractivity contribution in [3.8, 4) is 0 Å². The van der Waals surface area contributed by atoms with Crippen molar-refractivity contribution in [1.29, 1.82) is 0 Å². The molecule has 0 spiro atoms. The highest BCUT2D eigenvalue weighted by Gasteiger charge is 2.37. The van der Waals surface area contributed by atoms with E-state index in [0.29, 0.717) is 6.04 Å². The molecule has 1 heterocycles. The third-order valence-electron chi connectivity index (χ3n) is 5.92. The highest BCUT2D eigenvalue weighted by Crippen LogP contribution is 2.46. The van der Waals surface area contributed by atoms with E-state index in [0.717, 1.165) is 25.8 Å². The second kappa shape index (κ2) is 6.43. The Balaban J connectivity index is 1.68. The number of nitrogens with zero attached hydrogens (tertiary/aromatic N) is 1. The smallest absolute Gasteiger partial charge is 0.228 e. The molecule has 0 aromatic heterocycles. The van der Waals surface area contributed by atoms with Crippen LogP contribution in [0.3, 0.4) is 0 Å². The number of benzene rings is 1. The molecular weight excluding hydrogens is 312 g/mol. The standard InChI is InChI=1S/C21H26N2O2/c1-3-16(12-24)22-21(25)15-9-18-17-6-4-5-13-7-8-14(20(13)17)10-19(18)23(2)11-15/h4-6,8-9,15-16,19,24H,3,7,10-12H2,1-2H3,(H,22,25)/t15-,16+,19-/m1/s1. The molecule has 4 rings (SSSR count). The van der Waals surface area contributed by atoms with Crippen molar-refractivity contribution in [2.45, 2.75) is 38.3 Å². The number of amides is 1. The molecule has 1 aliphatic heterocycles. The number of carbonyl (C=O) groups excluding carboxylic acids is 1. The van der Waals surface area contributed by atoms with E-state index in [2.05, 4.69) is 47.6 Å². The van der Waals surface area contributed by atoms with Gasteiger partial charge in [-0.15, -0.1) is 0 Å². The minimum absolute atomic E-state index is 0.00958. The maximum absolute atomic E-state index is 12.7. The number of aliphatic hydroxyl groups excluding tert-OH is 1. The van der Waals surface area contributed by atoms with Crippen molar-refractivity contribution in [2.24, 2.45) is 5.92 Å². The third-order valence-corrected chi connectivity index (χ3v) is 5.92. The topological polar surface area (TPSA) is 52.6 Å². The molecule has 1 aromatic rings. The lowest BCUT2D eigenvalue weighted by Crippen LogP contribution is -2.48. The maximum Gasteiger partial charge on any atom is 0.228 e. The lowest BCUT2D eigenvalue weighted by Gasteiger charge is -2.41. The number of rotatable bonds is 4. The van der Waals surface area contributed by atoms with Gasteiger partial charge in [0, 0.05) is 12.6 Å². The quantitative estimate of drug-likeness (QED) is 0.885. The van der Waals surface area contributed by atoms with Crippen molar-refractivity contribution in [1.82, 2.24) is 10.2 Å². The Morgan fingerprint density at radius 3 is 3.04 bits per heavy atom. The minimum atomic E-state index is -0.167. The average Bonchev–Trinajstić information content (AvgIpc) is 3.04. The summed E-state index contributed by atoms with van der Waals surface area (Å²) in [7, 11) is 2.12. The van der Waals surface area contributed by atoms with Gasteiger partial charge in [0.25, 0.3) is 0 Å². The summed E-state index contributed by atoms with van der Waals surface area (Å²) in [6, 6.07) is 6.75. The molecular formula is C21H26N2O2. The molecule has 0 radical (unpaired) electrons. The molecule has 0 saturated heterocycles. The maximum atomic E-state index is 12.7. The van der Waals surface area contributed by atoms with Crippen molar-refractivity contribution in [3.63, 3.8) is 0 Å². The molecule has 132 valence electrons. The van der Waals surface area contributed by atoms with Gasteiger partial charge >= 0.3 is 0 Å². The van der Waals surface area contributed by atoms with Crippen LogP contribution in [0.4, 0.5) is 0 Å². The highest BCUT2D eigenvalue weighted by molar-refractivity contribution is 5.93. The van der Waals surface area contributed by atoms with Gasteiger partial charge in [0.15, 0.2) is 0 Å². The normalized spacial score (nSPS) is 25.6.